The van der Waals surface area contributed by atoms with E-state index >= 15 is 0 Å². The van der Waals surface area contributed by atoms with Crippen molar-refractivity contribution in [3.05, 3.63) is 41.6 Å². The van der Waals surface area contributed by atoms with Crippen LogP contribution in [0.25, 0.3) is 0 Å². The van der Waals surface area contributed by atoms with Gasteiger partial charge < -0.3 is 10.6 Å². The van der Waals surface area contributed by atoms with Gasteiger partial charge in [0.05, 0.1) is 18.4 Å². The fraction of sp³-hybridized carbons (Fsp3) is 0.250. The molecule has 5 nitrogen and oxygen atoms in total. The average Bonchev–Trinajstić information content (AvgIpc) is 2.38. The maximum atomic E-state index is 13.5. The molecule has 0 radical (unpaired) electrons. The molecular formula is C12H14FN5. The molecule has 2 rings (SSSR count). The van der Waals surface area contributed by atoms with Crippen LogP contribution in [0.2, 0.25) is 0 Å². The van der Waals surface area contributed by atoms with E-state index in [1.54, 1.807) is 7.05 Å². The molecule has 0 amide bonds. The van der Waals surface area contributed by atoms with E-state index in [1.807, 2.05) is 25.1 Å². The van der Waals surface area contributed by atoms with E-state index in [4.69, 9.17) is 0 Å². The lowest BCUT2D eigenvalue weighted by molar-refractivity contribution is 0.617. The predicted octanol–water partition coefficient (Wildman–Crippen LogP) is 1.97. The lowest BCUT2D eigenvalue weighted by Gasteiger charge is -2.07. The number of hydrogen-bond acceptors (Lipinski definition) is 5. The van der Waals surface area contributed by atoms with Gasteiger partial charge >= 0.3 is 0 Å². The van der Waals surface area contributed by atoms with Gasteiger partial charge in [-0.25, -0.2) is 9.37 Å². The van der Waals surface area contributed by atoms with Crippen molar-refractivity contribution < 1.29 is 4.39 Å². The van der Waals surface area contributed by atoms with Gasteiger partial charge in [0.25, 0.3) is 0 Å². The number of hydrogen-bond donors (Lipinski definition) is 2. The minimum absolute atomic E-state index is 0.164. The first-order valence-corrected chi connectivity index (χ1v) is 5.56. The van der Waals surface area contributed by atoms with Crippen molar-refractivity contribution in [2.24, 2.45) is 0 Å². The molecule has 0 aromatic carbocycles. The molecule has 0 saturated carbocycles. The van der Waals surface area contributed by atoms with Crippen LogP contribution in [0.15, 0.2) is 24.4 Å². The third-order valence-electron chi connectivity index (χ3n) is 2.35. The van der Waals surface area contributed by atoms with Gasteiger partial charge in [0.2, 0.25) is 5.95 Å². The Balaban J connectivity index is 2.10. The number of aryl methyl sites for hydroxylation is 1. The van der Waals surface area contributed by atoms with Crippen LogP contribution in [0, 0.1) is 12.7 Å². The minimum Gasteiger partial charge on any atom is -0.362 e. The second-order valence-electron chi connectivity index (χ2n) is 3.76. The summed E-state index contributed by atoms with van der Waals surface area (Å²) in [5.74, 6) is 0.0513. The third-order valence-corrected chi connectivity index (χ3v) is 2.35. The van der Waals surface area contributed by atoms with Crippen LogP contribution in [-0.4, -0.2) is 22.0 Å². The van der Waals surface area contributed by atoms with E-state index < -0.39 is 5.82 Å². The Morgan fingerprint density at radius 1 is 1.28 bits per heavy atom. The molecule has 2 heterocycles. The summed E-state index contributed by atoms with van der Waals surface area (Å²) in [6, 6.07) is 5.70. The topological polar surface area (TPSA) is 62.7 Å². The molecule has 0 aliphatic rings. The largest absolute Gasteiger partial charge is 0.362 e. The average molecular weight is 247 g/mol. The van der Waals surface area contributed by atoms with Crippen LogP contribution in [-0.2, 0) is 6.54 Å². The monoisotopic (exact) mass is 247 g/mol. The number of anilines is 2. The summed E-state index contributed by atoms with van der Waals surface area (Å²) in [5, 5.41) is 5.66. The van der Waals surface area contributed by atoms with E-state index in [2.05, 4.69) is 25.6 Å². The number of rotatable bonds is 4. The maximum Gasteiger partial charge on any atom is 0.224 e. The van der Waals surface area contributed by atoms with Crippen molar-refractivity contribution in [3.8, 4) is 0 Å². The number of pyridine rings is 1. The molecule has 0 bridgehead atoms. The van der Waals surface area contributed by atoms with Crippen molar-refractivity contribution in [1.29, 1.82) is 0 Å². The molecule has 94 valence electrons. The van der Waals surface area contributed by atoms with Gasteiger partial charge in [-0.05, 0) is 19.1 Å². The first-order valence-electron chi connectivity index (χ1n) is 5.56. The fourth-order valence-electron chi connectivity index (χ4n) is 1.48. The van der Waals surface area contributed by atoms with Gasteiger partial charge in [0.15, 0.2) is 11.6 Å². The molecule has 0 spiro atoms. The Kier molecular flexibility index (Phi) is 3.66. The van der Waals surface area contributed by atoms with Crippen molar-refractivity contribution in [1.82, 2.24) is 15.0 Å². The van der Waals surface area contributed by atoms with Crippen LogP contribution in [0.5, 0.6) is 0 Å². The van der Waals surface area contributed by atoms with Gasteiger partial charge in [-0.3, -0.25) is 4.98 Å². The van der Waals surface area contributed by atoms with E-state index in [0.717, 1.165) is 17.6 Å². The minimum atomic E-state index is -0.485. The highest BCUT2D eigenvalue weighted by Gasteiger charge is 2.06. The first kappa shape index (κ1) is 12.2. The third kappa shape index (κ3) is 2.91. The summed E-state index contributed by atoms with van der Waals surface area (Å²) in [6.45, 7) is 2.33. The summed E-state index contributed by atoms with van der Waals surface area (Å²) in [5.41, 5.74) is 1.76. The molecule has 2 aromatic heterocycles. The van der Waals surface area contributed by atoms with E-state index in [9.17, 15) is 4.39 Å². The van der Waals surface area contributed by atoms with Gasteiger partial charge in [-0.2, -0.15) is 4.98 Å². The Bertz CT molecular complexity index is 544. The molecule has 0 aliphatic heterocycles. The normalized spacial score (nSPS) is 10.2. The Labute approximate surface area is 105 Å². The zero-order valence-electron chi connectivity index (χ0n) is 10.2. The van der Waals surface area contributed by atoms with Gasteiger partial charge in [0.1, 0.15) is 0 Å². The van der Waals surface area contributed by atoms with Crippen LogP contribution in [0.3, 0.4) is 0 Å². The molecule has 0 aliphatic carbocycles. The molecule has 2 N–H and O–H groups in total. The molecular weight excluding hydrogens is 233 g/mol. The van der Waals surface area contributed by atoms with E-state index in [0.29, 0.717) is 12.5 Å². The second kappa shape index (κ2) is 5.39. The molecule has 0 fully saturated rings. The first-order chi connectivity index (χ1) is 8.69. The number of nitrogens with one attached hydrogen (secondary N) is 2. The molecule has 0 unspecified atom stereocenters. The summed E-state index contributed by atoms with van der Waals surface area (Å²) in [7, 11) is 1.68. The van der Waals surface area contributed by atoms with Crippen LogP contribution in [0.1, 0.15) is 11.4 Å². The highest BCUT2D eigenvalue weighted by atomic mass is 19.1. The van der Waals surface area contributed by atoms with E-state index in [-0.39, 0.29) is 5.82 Å². The summed E-state index contributed by atoms with van der Waals surface area (Å²) in [6.07, 6.45) is 1.13. The molecule has 2 aromatic rings. The van der Waals surface area contributed by atoms with Gasteiger partial charge in [0, 0.05) is 12.7 Å². The van der Waals surface area contributed by atoms with Crippen molar-refractivity contribution in [2.45, 2.75) is 13.5 Å². The number of aromatic nitrogens is 3. The molecule has 6 heteroatoms. The Morgan fingerprint density at radius 2 is 2.11 bits per heavy atom. The zero-order chi connectivity index (χ0) is 13.0. The van der Waals surface area contributed by atoms with Crippen molar-refractivity contribution >= 4 is 11.8 Å². The van der Waals surface area contributed by atoms with Crippen LogP contribution >= 0.6 is 0 Å². The smallest absolute Gasteiger partial charge is 0.224 e. The fourth-order valence-corrected chi connectivity index (χ4v) is 1.48. The quantitative estimate of drug-likeness (QED) is 0.865. The van der Waals surface area contributed by atoms with Crippen LogP contribution < -0.4 is 10.6 Å². The molecule has 18 heavy (non-hydrogen) atoms. The van der Waals surface area contributed by atoms with Gasteiger partial charge in [-0.1, -0.05) is 6.07 Å². The zero-order valence-corrected chi connectivity index (χ0v) is 10.2. The predicted molar refractivity (Wildman–Crippen MR) is 67.8 cm³/mol. The molecule has 0 saturated heterocycles. The van der Waals surface area contributed by atoms with Crippen LogP contribution in [0.4, 0.5) is 16.2 Å². The Morgan fingerprint density at radius 3 is 2.83 bits per heavy atom. The SMILES string of the molecule is CNc1ncc(F)c(NCc2cccc(C)n2)n1. The van der Waals surface area contributed by atoms with Crippen molar-refractivity contribution in [2.75, 3.05) is 17.7 Å². The second-order valence-corrected chi connectivity index (χ2v) is 3.76. The lowest BCUT2D eigenvalue weighted by atomic mass is 10.3. The highest BCUT2D eigenvalue weighted by molar-refractivity contribution is 5.41. The van der Waals surface area contributed by atoms with E-state index in [1.165, 1.54) is 0 Å². The van der Waals surface area contributed by atoms with Gasteiger partial charge in [-0.15, -0.1) is 0 Å². The Hall–Kier alpha value is -2.24. The maximum absolute atomic E-state index is 13.5. The highest BCUT2D eigenvalue weighted by Crippen LogP contribution is 2.12. The van der Waals surface area contributed by atoms with Crippen molar-refractivity contribution in [3.63, 3.8) is 0 Å². The number of halogens is 1. The lowest BCUT2D eigenvalue weighted by Crippen LogP contribution is -2.08. The summed E-state index contributed by atoms with van der Waals surface area (Å²) >= 11 is 0. The summed E-state index contributed by atoms with van der Waals surface area (Å²) < 4.78 is 13.5. The molecule has 0 atom stereocenters. The standard InChI is InChI=1S/C12H14FN5/c1-8-4-3-5-9(17-8)6-15-11-10(13)7-16-12(14-2)18-11/h3-5,7H,6H2,1-2H3,(H2,14,15,16,18). The summed E-state index contributed by atoms with van der Waals surface area (Å²) in [4.78, 5) is 12.1. The number of nitrogens with zero attached hydrogens (tertiary/aromatic N) is 3.